The summed E-state index contributed by atoms with van der Waals surface area (Å²) < 4.78 is 40.3. The minimum atomic E-state index is -4.11. The SMILES string of the molecule is CCCCOCCNCCSC(F)(F)F. The molecule has 0 saturated heterocycles. The molecule has 0 unspecified atom stereocenters. The molecule has 0 fully saturated rings. The van der Waals surface area contributed by atoms with Gasteiger partial charge in [-0.3, -0.25) is 0 Å². The summed E-state index contributed by atoms with van der Waals surface area (Å²) in [6.07, 6.45) is 2.12. The Morgan fingerprint density at radius 1 is 1.20 bits per heavy atom. The fourth-order valence-electron chi connectivity index (χ4n) is 0.857. The minimum absolute atomic E-state index is 0.00217. The van der Waals surface area contributed by atoms with E-state index in [4.69, 9.17) is 4.74 Å². The molecule has 0 saturated carbocycles. The Balaban J connectivity index is 2.99. The van der Waals surface area contributed by atoms with Crippen LogP contribution in [-0.2, 0) is 4.74 Å². The zero-order valence-corrected chi connectivity index (χ0v) is 9.72. The zero-order valence-electron chi connectivity index (χ0n) is 8.90. The van der Waals surface area contributed by atoms with Crippen molar-refractivity contribution in [1.29, 1.82) is 0 Å². The van der Waals surface area contributed by atoms with Crippen LogP contribution >= 0.6 is 11.8 Å². The van der Waals surface area contributed by atoms with Crippen molar-refractivity contribution >= 4 is 11.8 Å². The van der Waals surface area contributed by atoms with Crippen LogP contribution in [0.15, 0.2) is 0 Å². The van der Waals surface area contributed by atoms with Gasteiger partial charge in [-0.15, -0.1) is 0 Å². The summed E-state index contributed by atoms with van der Waals surface area (Å²) >= 11 is 0.00217. The third kappa shape index (κ3) is 14.1. The predicted octanol–water partition coefficient (Wildman–Crippen LogP) is 2.65. The zero-order chi connectivity index (χ0) is 11.6. The number of halogens is 3. The first kappa shape index (κ1) is 15.1. The molecule has 0 rings (SSSR count). The van der Waals surface area contributed by atoms with Crippen LogP contribution in [0.25, 0.3) is 0 Å². The van der Waals surface area contributed by atoms with Gasteiger partial charge in [0.15, 0.2) is 0 Å². The van der Waals surface area contributed by atoms with Gasteiger partial charge in [-0.25, -0.2) is 0 Å². The highest BCUT2D eigenvalue weighted by Crippen LogP contribution is 2.29. The average molecular weight is 245 g/mol. The number of thioether (sulfide) groups is 1. The minimum Gasteiger partial charge on any atom is -0.380 e. The van der Waals surface area contributed by atoms with Crippen LogP contribution in [0.2, 0.25) is 0 Å². The monoisotopic (exact) mass is 245 g/mol. The Labute approximate surface area is 92.9 Å². The molecule has 92 valence electrons. The summed E-state index contributed by atoms with van der Waals surface area (Å²) in [5.41, 5.74) is -4.11. The third-order valence-corrected chi connectivity index (χ3v) is 2.35. The number of hydrogen-bond donors (Lipinski definition) is 1. The average Bonchev–Trinajstić information content (AvgIpc) is 2.14. The van der Waals surface area contributed by atoms with Crippen molar-refractivity contribution in [2.75, 3.05) is 32.1 Å². The second kappa shape index (κ2) is 9.30. The molecule has 0 aromatic heterocycles. The van der Waals surface area contributed by atoms with Gasteiger partial charge >= 0.3 is 5.51 Å². The molecule has 0 spiro atoms. The topological polar surface area (TPSA) is 21.3 Å². The van der Waals surface area contributed by atoms with Crippen molar-refractivity contribution in [2.24, 2.45) is 0 Å². The van der Waals surface area contributed by atoms with Crippen LogP contribution in [0.4, 0.5) is 13.2 Å². The molecule has 6 heteroatoms. The summed E-state index contributed by atoms with van der Waals surface area (Å²) in [7, 11) is 0. The lowest BCUT2D eigenvalue weighted by molar-refractivity contribution is -0.0327. The summed E-state index contributed by atoms with van der Waals surface area (Å²) in [5.74, 6) is 0.0540. The van der Waals surface area contributed by atoms with E-state index in [1.54, 1.807) is 0 Å². The standard InChI is InChI=1S/C9H18F3NOS/c1-2-3-6-14-7-4-13-5-8-15-9(10,11)12/h13H,2-8H2,1H3. The van der Waals surface area contributed by atoms with E-state index in [-0.39, 0.29) is 17.5 Å². The highest BCUT2D eigenvalue weighted by atomic mass is 32.2. The molecular formula is C9H18F3NOS. The maximum Gasteiger partial charge on any atom is 0.441 e. The molecule has 2 nitrogen and oxygen atoms in total. The van der Waals surface area contributed by atoms with Crippen LogP contribution in [-0.4, -0.2) is 37.6 Å². The molecule has 1 N–H and O–H groups in total. The summed E-state index contributed by atoms with van der Waals surface area (Å²) in [4.78, 5) is 0. The molecule has 0 radical (unpaired) electrons. The molecule has 0 heterocycles. The quantitative estimate of drug-likeness (QED) is 0.631. The Morgan fingerprint density at radius 2 is 1.93 bits per heavy atom. The van der Waals surface area contributed by atoms with Gasteiger partial charge in [-0.05, 0) is 18.2 Å². The van der Waals surface area contributed by atoms with E-state index in [1.807, 2.05) is 0 Å². The van der Waals surface area contributed by atoms with E-state index in [1.165, 1.54) is 0 Å². The lowest BCUT2D eigenvalue weighted by Gasteiger charge is -2.07. The second-order valence-corrected chi connectivity index (χ2v) is 4.17. The van der Waals surface area contributed by atoms with Gasteiger partial charge in [0.25, 0.3) is 0 Å². The molecule has 0 aliphatic carbocycles. The number of nitrogens with one attached hydrogen (secondary N) is 1. The van der Waals surface area contributed by atoms with E-state index in [2.05, 4.69) is 12.2 Å². The fraction of sp³-hybridized carbons (Fsp3) is 1.00. The normalized spacial score (nSPS) is 12.0. The molecule has 0 bridgehead atoms. The third-order valence-electron chi connectivity index (χ3n) is 1.61. The van der Waals surface area contributed by atoms with Crippen molar-refractivity contribution in [3.63, 3.8) is 0 Å². The first-order valence-corrected chi connectivity index (χ1v) is 6.04. The van der Waals surface area contributed by atoms with Gasteiger partial charge in [0, 0.05) is 25.4 Å². The molecule has 0 aliphatic rings. The Kier molecular flexibility index (Phi) is 9.33. The van der Waals surface area contributed by atoms with Gasteiger partial charge in [-0.1, -0.05) is 13.3 Å². The van der Waals surface area contributed by atoms with Gasteiger partial charge in [0.05, 0.1) is 6.61 Å². The van der Waals surface area contributed by atoms with Crippen molar-refractivity contribution in [3.8, 4) is 0 Å². The van der Waals surface area contributed by atoms with Crippen molar-refractivity contribution in [3.05, 3.63) is 0 Å². The number of rotatable bonds is 9. The Morgan fingerprint density at radius 3 is 2.53 bits per heavy atom. The molecule has 15 heavy (non-hydrogen) atoms. The van der Waals surface area contributed by atoms with Crippen LogP contribution in [0.3, 0.4) is 0 Å². The van der Waals surface area contributed by atoms with Gasteiger partial charge in [0.1, 0.15) is 0 Å². The summed E-state index contributed by atoms with van der Waals surface area (Å²) in [6.45, 7) is 4.35. The smallest absolute Gasteiger partial charge is 0.380 e. The highest BCUT2D eigenvalue weighted by Gasteiger charge is 2.27. The van der Waals surface area contributed by atoms with Crippen LogP contribution in [0, 0.1) is 0 Å². The number of ether oxygens (including phenoxy) is 1. The molecule has 0 atom stereocenters. The number of unbranched alkanes of at least 4 members (excludes halogenated alkanes) is 1. The molecule has 0 aromatic carbocycles. The Bertz CT molecular complexity index is 144. The number of hydrogen-bond acceptors (Lipinski definition) is 3. The van der Waals surface area contributed by atoms with Crippen LogP contribution < -0.4 is 5.32 Å². The van der Waals surface area contributed by atoms with Gasteiger partial charge < -0.3 is 10.1 Å². The van der Waals surface area contributed by atoms with E-state index in [0.717, 1.165) is 19.4 Å². The van der Waals surface area contributed by atoms with Crippen molar-refractivity contribution in [2.45, 2.75) is 25.3 Å². The maximum absolute atomic E-state index is 11.7. The maximum atomic E-state index is 11.7. The molecule has 0 amide bonds. The van der Waals surface area contributed by atoms with Crippen LogP contribution in [0.1, 0.15) is 19.8 Å². The Hall–Kier alpha value is 0.0600. The largest absolute Gasteiger partial charge is 0.441 e. The summed E-state index contributed by atoms with van der Waals surface area (Å²) in [5, 5.41) is 2.89. The van der Waals surface area contributed by atoms with Crippen LogP contribution in [0.5, 0.6) is 0 Å². The number of alkyl halides is 3. The van der Waals surface area contributed by atoms with Crippen molar-refractivity contribution < 1.29 is 17.9 Å². The molecule has 0 aliphatic heterocycles. The van der Waals surface area contributed by atoms with E-state index in [9.17, 15) is 13.2 Å². The first-order chi connectivity index (χ1) is 7.06. The van der Waals surface area contributed by atoms with Crippen molar-refractivity contribution in [1.82, 2.24) is 5.32 Å². The second-order valence-electron chi connectivity index (χ2n) is 3.01. The highest BCUT2D eigenvalue weighted by molar-refractivity contribution is 8.00. The molecular weight excluding hydrogens is 227 g/mol. The fourth-order valence-corrected chi connectivity index (χ4v) is 1.33. The predicted molar refractivity (Wildman–Crippen MR) is 57.1 cm³/mol. The lowest BCUT2D eigenvalue weighted by Crippen LogP contribution is -2.23. The van der Waals surface area contributed by atoms with E-state index >= 15 is 0 Å². The first-order valence-electron chi connectivity index (χ1n) is 5.05. The van der Waals surface area contributed by atoms with Gasteiger partial charge in [-0.2, -0.15) is 13.2 Å². The molecule has 0 aromatic rings. The lowest BCUT2D eigenvalue weighted by atomic mass is 10.4. The van der Waals surface area contributed by atoms with E-state index < -0.39 is 5.51 Å². The van der Waals surface area contributed by atoms with Gasteiger partial charge in [0.2, 0.25) is 0 Å². The summed E-state index contributed by atoms with van der Waals surface area (Å²) in [6, 6.07) is 0. The van der Waals surface area contributed by atoms with E-state index in [0.29, 0.717) is 19.7 Å².